The largest absolute Gasteiger partial charge is 0.394 e. The first kappa shape index (κ1) is 12.3. The van der Waals surface area contributed by atoms with Gasteiger partial charge >= 0.3 is 0 Å². The van der Waals surface area contributed by atoms with Crippen LogP contribution in [0.1, 0.15) is 39.0 Å². The summed E-state index contributed by atoms with van der Waals surface area (Å²) in [5.41, 5.74) is -0.154. The van der Waals surface area contributed by atoms with Gasteiger partial charge in [0.1, 0.15) is 0 Å². The number of ether oxygens (including phenoxy) is 1. The standard InChI is InChI=1S/C13H25NO2/c1-2-14-13(9-15,12-5-6-12)10-16-8-7-11-3-4-11/h11-12,14-15H,2-10H2,1H3. The summed E-state index contributed by atoms with van der Waals surface area (Å²) in [5.74, 6) is 1.56. The van der Waals surface area contributed by atoms with Crippen LogP contribution in [0.3, 0.4) is 0 Å². The smallest absolute Gasteiger partial charge is 0.0679 e. The van der Waals surface area contributed by atoms with Crippen molar-refractivity contribution in [1.82, 2.24) is 5.32 Å². The number of likely N-dealkylation sites (N-methyl/N-ethyl adjacent to an activating group) is 1. The first-order chi connectivity index (χ1) is 7.80. The number of aliphatic hydroxyl groups is 1. The molecule has 0 spiro atoms. The Hall–Kier alpha value is -0.120. The molecule has 0 aromatic rings. The molecule has 1 unspecified atom stereocenters. The zero-order valence-corrected chi connectivity index (χ0v) is 10.4. The Morgan fingerprint density at radius 2 is 2.06 bits per heavy atom. The predicted octanol–water partition coefficient (Wildman–Crippen LogP) is 1.55. The Balaban J connectivity index is 1.71. The van der Waals surface area contributed by atoms with E-state index in [0.29, 0.717) is 12.5 Å². The van der Waals surface area contributed by atoms with Crippen molar-refractivity contribution in [1.29, 1.82) is 0 Å². The molecule has 1 atom stereocenters. The van der Waals surface area contributed by atoms with Gasteiger partial charge < -0.3 is 15.2 Å². The molecule has 3 heteroatoms. The van der Waals surface area contributed by atoms with Crippen LogP contribution in [0.25, 0.3) is 0 Å². The SMILES string of the molecule is CCNC(CO)(COCCC1CC1)C1CC1. The van der Waals surface area contributed by atoms with Crippen molar-refractivity contribution in [2.75, 3.05) is 26.4 Å². The zero-order chi connectivity index (χ0) is 11.4. The van der Waals surface area contributed by atoms with Gasteiger partial charge in [-0.05, 0) is 37.6 Å². The zero-order valence-electron chi connectivity index (χ0n) is 10.4. The second-order valence-electron chi connectivity index (χ2n) is 5.40. The topological polar surface area (TPSA) is 41.5 Å². The Morgan fingerprint density at radius 1 is 1.31 bits per heavy atom. The minimum absolute atomic E-state index is 0.154. The van der Waals surface area contributed by atoms with Gasteiger partial charge in [-0.2, -0.15) is 0 Å². The lowest BCUT2D eigenvalue weighted by atomic mass is 9.95. The maximum absolute atomic E-state index is 9.60. The van der Waals surface area contributed by atoms with Gasteiger partial charge in [0.15, 0.2) is 0 Å². The summed E-state index contributed by atoms with van der Waals surface area (Å²) < 4.78 is 5.77. The molecule has 2 N–H and O–H groups in total. The Morgan fingerprint density at radius 3 is 2.56 bits per heavy atom. The molecule has 16 heavy (non-hydrogen) atoms. The maximum atomic E-state index is 9.60. The number of aliphatic hydroxyl groups excluding tert-OH is 1. The van der Waals surface area contributed by atoms with Crippen LogP contribution in [0.5, 0.6) is 0 Å². The summed E-state index contributed by atoms with van der Waals surface area (Å²) in [6.07, 6.45) is 6.46. The molecular formula is C13H25NO2. The molecule has 2 saturated carbocycles. The van der Waals surface area contributed by atoms with Crippen LogP contribution in [0.4, 0.5) is 0 Å². The lowest BCUT2D eigenvalue weighted by Crippen LogP contribution is -2.54. The molecule has 0 aliphatic heterocycles. The van der Waals surface area contributed by atoms with E-state index in [-0.39, 0.29) is 12.1 Å². The molecule has 0 saturated heterocycles. The van der Waals surface area contributed by atoms with Crippen LogP contribution >= 0.6 is 0 Å². The third kappa shape index (κ3) is 3.19. The fourth-order valence-corrected chi connectivity index (χ4v) is 2.44. The third-order valence-electron chi connectivity index (χ3n) is 3.90. The molecule has 2 aliphatic rings. The van der Waals surface area contributed by atoms with Crippen LogP contribution < -0.4 is 5.32 Å². The van der Waals surface area contributed by atoms with Crippen molar-refractivity contribution in [2.45, 2.75) is 44.6 Å². The lowest BCUT2D eigenvalue weighted by molar-refractivity contribution is 0.0225. The minimum atomic E-state index is -0.154. The van der Waals surface area contributed by atoms with Crippen LogP contribution in [0.15, 0.2) is 0 Å². The Kier molecular flexibility index (Phi) is 4.22. The Bertz CT molecular complexity index is 214. The average molecular weight is 227 g/mol. The first-order valence-electron chi connectivity index (χ1n) is 6.74. The van der Waals surface area contributed by atoms with Crippen molar-refractivity contribution >= 4 is 0 Å². The van der Waals surface area contributed by atoms with Crippen molar-refractivity contribution in [3.8, 4) is 0 Å². The molecule has 0 radical (unpaired) electrons. The fraction of sp³-hybridized carbons (Fsp3) is 1.00. The molecule has 2 aliphatic carbocycles. The van der Waals surface area contributed by atoms with Gasteiger partial charge in [-0.1, -0.05) is 19.8 Å². The van der Waals surface area contributed by atoms with Crippen LogP contribution in [-0.2, 0) is 4.74 Å². The summed E-state index contributed by atoms with van der Waals surface area (Å²) in [4.78, 5) is 0. The molecule has 2 rings (SSSR count). The van der Waals surface area contributed by atoms with E-state index in [0.717, 1.165) is 19.1 Å². The van der Waals surface area contributed by atoms with Gasteiger partial charge in [-0.25, -0.2) is 0 Å². The second-order valence-corrected chi connectivity index (χ2v) is 5.40. The summed E-state index contributed by atoms with van der Waals surface area (Å²) in [6.45, 7) is 4.74. The van der Waals surface area contributed by atoms with Crippen molar-refractivity contribution in [2.24, 2.45) is 11.8 Å². The maximum Gasteiger partial charge on any atom is 0.0679 e. The van der Waals surface area contributed by atoms with Gasteiger partial charge in [0, 0.05) is 6.61 Å². The van der Waals surface area contributed by atoms with Crippen LogP contribution in [-0.4, -0.2) is 37.0 Å². The highest BCUT2D eigenvalue weighted by molar-refractivity contribution is 5.00. The van der Waals surface area contributed by atoms with E-state index in [1.807, 2.05) is 0 Å². The summed E-state index contributed by atoms with van der Waals surface area (Å²) in [5, 5.41) is 13.0. The molecule has 94 valence electrons. The van der Waals surface area contributed by atoms with Crippen LogP contribution in [0, 0.1) is 11.8 Å². The van der Waals surface area contributed by atoms with Crippen molar-refractivity contribution in [3.05, 3.63) is 0 Å². The Labute approximate surface area is 98.6 Å². The van der Waals surface area contributed by atoms with E-state index in [2.05, 4.69) is 12.2 Å². The quantitative estimate of drug-likeness (QED) is 0.587. The van der Waals surface area contributed by atoms with E-state index in [1.54, 1.807) is 0 Å². The summed E-state index contributed by atoms with van der Waals surface area (Å²) in [6, 6.07) is 0. The summed E-state index contributed by atoms with van der Waals surface area (Å²) >= 11 is 0. The normalized spacial score (nSPS) is 24.4. The molecule has 0 amide bonds. The number of nitrogens with one attached hydrogen (secondary N) is 1. The molecule has 0 aromatic carbocycles. The highest BCUT2D eigenvalue weighted by atomic mass is 16.5. The monoisotopic (exact) mass is 227 g/mol. The van der Waals surface area contributed by atoms with Gasteiger partial charge in [0.25, 0.3) is 0 Å². The van der Waals surface area contributed by atoms with Gasteiger partial charge in [-0.15, -0.1) is 0 Å². The van der Waals surface area contributed by atoms with Gasteiger partial charge in [0.05, 0.1) is 18.8 Å². The van der Waals surface area contributed by atoms with Gasteiger partial charge in [0.2, 0.25) is 0 Å². The van der Waals surface area contributed by atoms with E-state index >= 15 is 0 Å². The number of rotatable bonds is 9. The van der Waals surface area contributed by atoms with Crippen molar-refractivity contribution in [3.63, 3.8) is 0 Å². The highest BCUT2D eigenvalue weighted by Gasteiger charge is 2.44. The minimum Gasteiger partial charge on any atom is -0.394 e. The second kappa shape index (κ2) is 5.48. The third-order valence-corrected chi connectivity index (χ3v) is 3.90. The summed E-state index contributed by atoms with van der Waals surface area (Å²) in [7, 11) is 0. The molecule has 0 aromatic heterocycles. The highest BCUT2D eigenvalue weighted by Crippen LogP contribution is 2.40. The number of hydrogen-bond acceptors (Lipinski definition) is 3. The molecular weight excluding hydrogens is 202 g/mol. The van der Waals surface area contributed by atoms with E-state index in [9.17, 15) is 5.11 Å². The van der Waals surface area contributed by atoms with Gasteiger partial charge in [-0.3, -0.25) is 0 Å². The lowest BCUT2D eigenvalue weighted by Gasteiger charge is -2.32. The fourth-order valence-electron chi connectivity index (χ4n) is 2.44. The van der Waals surface area contributed by atoms with E-state index < -0.39 is 0 Å². The molecule has 3 nitrogen and oxygen atoms in total. The molecule has 0 heterocycles. The molecule has 2 fully saturated rings. The number of hydrogen-bond donors (Lipinski definition) is 2. The molecule has 0 bridgehead atoms. The van der Waals surface area contributed by atoms with E-state index in [4.69, 9.17) is 4.74 Å². The first-order valence-corrected chi connectivity index (χ1v) is 6.74. The predicted molar refractivity (Wildman–Crippen MR) is 64.4 cm³/mol. The van der Waals surface area contributed by atoms with Crippen molar-refractivity contribution < 1.29 is 9.84 Å². The van der Waals surface area contributed by atoms with Crippen LogP contribution in [0.2, 0.25) is 0 Å². The average Bonchev–Trinajstić information content (AvgIpc) is 3.16. The van der Waals surface area contributed by atoms with E-state index in [1.165, 1.54) is 32.1 Å².